The van der Waals surface area contributed by atoms with E-state index in [1.165, 1.54) is 12.0 Å². The largest absolute Gasteiger partial charge is 0.339 e. The van der Waals surface area contributed by atoms with Crippen molar-refractivity contribution in [3.8, 4) is 0 Å². The van der Waals surface area contributed by atoms with Crippen LogP contribution in [-0.4, -0.2) is 41.9 Å². The van der Waals surface area contributed by atoms with E-state index in [0.29, 0.717) is 11.8 Å². The fourth-order valence-corrected chi connectivity index (χ4v) is 3.58. The molecule has 1 saturated heterocycles. The van der Waals surface area contributed by atoms with Crippen molar-refractivity contribution in [1.82, 2.24) is 9.80 Å². The lowest BCUT2D eigenvalue weighted by Crippen LogP contribution is -2.35. The van der Waals surface area contributed by atoms with Crippen LogP contribution in [0.5, 0.6) is 0 Å². The summed E-state index contributed by atoms with van der Waals surface area (Å²) in [7, 11) is 0. The van der Waals surface area contributed by atoms with Crippen molar-refractivity contribution in [3.63, 3.8) is 0 Å². The molecule has 0 atom stereocenters. The normalized spacial score (nSPS) is 15.5. The highest BCUT2D eigenvalue weighted by atomic mass is 16.2. The molecule has 0 aromatic heterocycles. The summed E-state index contributed by atoms with van der Waals surface area (Å²) in [5, 5.41) is 0. The summed E-state index contributed by atoms with van der Waals surface area (Å²) in [6.07, 6.45) is 3.53. The molecule has 1 aliphatic rings. The second kappa shape index (κ2) is 9.22. The number of carbonyl (C=O) groups excluding carboxylic acids is 1. The van der Waals surface area contributed by atoms with Crippen molar-refractivity contribution in [3.05, 3.63) is 35.4 Å². The molecule has 1 amide bonds. The number of hydrogen-bond donors (Lipinski definition) is 0. The van der Waals surface area contributed by atoms with Gasteiger partial charge in [-0.25, -0.2) is 0 Å². The number of nitrogens with zero attached hydrogens (tertiary/aromatic N) is 2. The Kier molecular flexibility index (Phi) is 7.29. The first-order chi connectivity index (χ1) is 11.5. The van der Waals surface area contributed by atoms with Crippen LogP contribution in [0, 0.1) is 11.8 Å². The van der Waals surface area contributed by atoms with E-state index in [0.717, 1.165) is 51.1 Å². The summed E-state index contributed by atoms with van der Waals surface area (Å²) in [5.41, 5.74) is 2.10. The molecule has 1 aromatic carbocycles. The Morgan fingerprint density at radius 3 is 2.25 bits per heavy atom. The van der Waals surface area contributed by atoms with Gasteiger partial charge in [-0.05, 0) is 48.8 Å². The molecule has 0 spiro atoms. The van der Waals surface area contributed by atoms with Crippen LogP contribution >= 0.6 is 0 Å². The van der Waals surface area contributed by atoms with Gasteiger partial charge in [-0.3, -0.25) is 9.69 Å². The lowest BCUT2D eigenvalue weighted by molar-refractivity contribution is 0.0724. The monoisotopic (exact) mass is 330 g/mol. The molecule has 134 valence electrons. The van der Waals surface area contributed by atoms with Crippen LogP contribution in [0.2, 0.25) is 0 Å². The standard InChI is InChI=1S/C21H34N2O/c1-17(2)14-22(15-18(3)4)16-19-9-8-10-20(13-19)21(24)23-11-6-5-7-12-23/h8-10,13,17-18H,5-7,11-12,14-16H2,1-4H3. The zero-order valence-electron chi connectivity index (χ0n) is 15.9. The number of carbonyl (C=O) groups is 1. The minimum Gasteiger partial charge on any atom is -0.339 e. The van der Waals surface area contributed by atoms with E-state index in [-0.39, 0.29) is 5.91 Å². The number of rotatable bonds is 7. The molecule has 0 bridgehead atoms. The van der Waals surface area contributed by atoms with Gasteiger partial charge in [0.15, 0.2) is 0 Å². The molecule has 1 aromatic rings. The number of hydrogen-bond acceptors (Lipinski definition) is 2. The molecule has 0 N–H and O–H groups in total. The van der Waals surface area contributed by atoms with E-state index >= 15 is 0 Å². The lowest BCUT2D eigenvalue weighted by atomic mass is 10.1. The van der Waals surface area contributed by atoms with E-state index in [4.69, 9.17) is 0 Å². The summed E-state index contributed by atoms with van der Waals surface area (Å²) < 4.78 is 0. The molecule has 1 heterocycles. The molecule has 2 rings (SSSR count). The van der Waals surface area contributed by atoms with Crippen molar-refractivity contribution in [1.29, 1.82) is 0 Å². The van der Waals surface area contributed by atoms with Crippen molar-refractivity contribution in [2.75, 3.05) is 26.2 Å². The maximum Gasteiger partial charge on any atom is 0.253 e. The Labute approximate surface area is 148 Å². The lowest BCUT2D eigenvalue weighted by Gasteiger charge is -2.28. The second-order valence-electron chi connectivity index (χ2n) is 8.04. The predicted molar refractivity (Wildman–Crippen MR) is 101 cm³/mol. The third kappa shape index (κ3) is 5.94. The van der Waals surface area contributed by atoms with Gasteiger partial charge in [0.25, 0.3) is 5.91 Å². The minimum atomic E-state index is 0.204. The Morgan fingerprint density at radius 2 is 1.67 bits per heavy atom. The van der Waals surface area contributed by atoms with Crippen LogP contribution in [-0.2, 0) is 6.54 Å². The molecule has 0 aliphatic carbocycles. The molecule has 0 unspecified atom stereocenters. The highest BCUT2D eigenvalue weighted by molar-refractivity contribution is 5.94. The Bertz CT molecular complexity index is 508. The molecule has 1 fully saturated rings. The zero-order valence-corrected chi connectivity index (χ0v) is 15.9. The van der Waals surface area contributed by atoms with Crippen LogP contribution in [0.4, 0.5) is 0 Å². The van der Waals surface area contributed by atoms with E-state index in [1.807, 2.05) is 17.0 Å². The summed E-state index contributed by atoms with van der Waals surface area (Å²) in [6.45, 7) is 14.0. The van der Waals surface area contributed by atoms with Gasteiger partial charge >= 0.3 is 0 Å². The van der Waals surface area contributed by atoms with E-state index in [1.54, 1.807) is 0 Å². The average Bonchev–Trinajstić information content (AvgIpc) is 2.54. The van der Waals surface area contributed by atoms with Crippen molar-refractivity contribution in [2.45, 2.75) is 53.5 Å². The fraction of sp³-hybridized carbons (Fsp3) is 0.667. The van der Waals surface area contributed by atoms with Crippen molar-refractivity contribution in [2.24, 2.45) is 11.8 Å². The number of benzene rings is 1. The highest BCUT2D eigenvalue weighted by Gasteiger charge is 2.18. The Morgan fingerprint density at radius 1 is 1.04 bits per heavy atom. The van der Waals surface area contributed by atoms with Gasteiger partial charge in [-0.15, -0.1) is 0 Å². The van der Waals surface area contributed by atoms with Crippen LogP contribution in [0.15, 0.2) is 24.3 Å². The van der Waals surface area contributed by atoms with E-state index in [2.05, 4.69) is 44.7 Å². The third-order valence-electron chi connectivity index (χ3n) is 4.47. The van der Waals surface area contributed by atoms with Gasteiger partial charge in [-0.1, -0.05) is 39.8 Å². The van der Waals surface area contributed by atoms with Gasteiger partial charge in [0.05, 0.1) is 0 Å². The predicted octanol–water partition coefficient (Wildman–Crippen LogP) is 4.43. The minimum absolute atomic E-state index is 0.204. The van der Waals surface area contributed by atoms with Crippen LogP contribution in [0.25, 0.3) is 0 Å². The number of piperidine rings is 1. The Balaban J connectivity index is 2.06. The fourth-order valence-electron chi connectivity index (χ4n) is 3.58. The first-order valence-electron chi connectivity index (χ1n) is 9.56. The first kappa shape index (κ1) is 19.0. The van der Waals surface area contributed by atoms with Gasteiger partial charge in [0.1, 0.15) is 0 Å². The van der Waals surface area contributed by atoms with E-state index < -0.39 is 0 Å². The van der Waals surface area contributed by atoms with Crippen LogP contribution < -0.4 is 0 Å². The van der Waals surface area contributed by atoms with Crippen molar-refractivity contribution < 1.29 is 4.79 Å². The SMILES string of the molecule is CC(C)CN(Cc1cccc(C(=O)N2CCCCC2)c1)CC(C)C. The van der Waals surface area contributed by atoms with Gasteiger partial charge < -0.3 is 4.90 Å². The topological polar surface area (TPSA) is 23.6 Å². The molecule has 0 radical (unpaired) electrons. The maximum absolute atomic E-state index is 12.7. The van der Waals surface area contributed by atoms with Gasteiger partial charge in [0, 0.05) is 38.3 Å². The molecule has 1 aliphatic heterocycles. The number of amides is 1. The summed E-state index contributed by atoms with van der Waals surface area (Å²) >= 11 is 0. The molecule has 24 heavy (non-hydrogen) atoms. The molecular formula is C21H34N2O. The summed E-state index contributed by atoms with van der Waals surface area (Å²) in [5.74, 6) is 1.51. The van der Waals surface area contributed by atoms with Crippen molar-refractivity contribution >= 4 is 5.91 Å². The summed E-state index contributed by atoms with van der Waals surface area (Å²) in [6, 6.07) is 8.26. The molecule has 0 saturated carbocycles. The van der Waals surface area contributed by atoms with Crippen LogP contribution in [0.3, 0.4) is 0 Å². The summed E-state index contributed by atoms with van der Waals surface area (Å²) in [4.78, 5) is 17.2. The molecule has 3 heteroatoms. The highest BCUT2D eigenvalue weighted by Crippen LogP contribution is 2.16. The molecular weight excluding hydrogens is 296 g/mol. The average molecular weight is 331 g/mol. The smallest absolute Gasteiger partial charge is 0.253 e. The molecule has 3 nitrogen and oxygen atoms in total. The maximum atomic E-state index is 12.7. The van der Waals surface area contributed by atoms with Gasteiger partial charge in [0.2, 0.25) is 0 Å². The number of likely N-dealkylation sites (tertiary alicyclic amines) is 1. The first-order valence-corrected chi connectivity index (χ1v) is 9.56. The van der Waals surface area contributed by atoms with Crippen LogP contribution in [0.1, 0.15) is 62.9 Å². The van der Waals surface area contributed by atoms with Gasteiger partial charge in [-0.2, -0.15) is 0 Å². The third-order valence-corrected chi connectivity index (χ3v) is 4.47. The Hall–Kier alpha value is -1.35. The quantitative estimate of drug-likeness (QED) is 0.738. The van der Waals surface area contributed by atoms with E-state index in [9.17, 15) is 4.79 Å². The zero-order chi connectivity index (χ0) is 17.5. The second-order valence-corrected chi connectivity index (χ2v) is 8.04.